The molecule has 0 aliphatic rings. The molecule has 0 radical (unpaired) electrons. The number of hydrogen-bond donors (Lipinski definition) is 1. The third-order valence-corrected chi connectivity index (χ3v) is 3.26. The maximum Gasteiger partial charge on any atom is 0.121 e. The van der Waals surface area contributed by atoms with E-state index >= 15 is 0 Å². The monoisotopic (exact) mass is 304 g/mol. The predicted octanol–water partition coefficient (Wildman–Crippen LogP) is 3.89. The Morgan fingerprint density at radius 1 is 1.10 bits per heavy atom. The number of anilines is 1. The minimum Gasteiger partial charge on any atom is -0.492 e. The minimum atomic E-state index is 0.685. The highest BCUT2D eigenvalue weighted by Gasteiger charge is 1.99. The van der Waals surface area contributed by atoms with Crippen LogP contribution < -0.4 is 10.1 Å². The molecule has 0 amide bonds. The van der Waals surface area contributed by atoms with Gasteiger partial charge in [-0.2, -0.15) is 0 Å². The lowest BCUT2D eigenvalue weighted by atomic mass is 10.2. The van der Waals surface area contributed by atoms with E-state index in [0.29, 0.717) is 6.61 Å². The van der Waals surface area contributed by atoms with Crippen LogP contribution in [0, 0.1) is 0 Å². The zero-order valence-corrected chi connectivity index (χ0v) is 13.2. The molecule has 0 aliphatic heterocycles. The molecule has 0 saturated carbocycles. The Balaban J connectivity index is 1.88. The molecule has 0 atom stereocenters. The molecule has 0 fully saturated rings. The Bertz CT molecular complexity index is 572. The molecule has 3 nitrogen and oxygen atoms in total. The number of rotatable bonds is 7. The van der Waals surface area contributed by atoms with Crippen molar-refractivity contribution in [3.05, 3.63) is 59.1 Å². The van der Waals surface area contributed by atoms with Gasteiger partial charge in [0.05, 0.1) is 0 Å². The van der Waals surface area contributed by atoms with Gasteiger partial charge in [0.2, 0.25) is 0 Å². The summed E-state index contributed by atoms with van der Waals surface area (Å²) in [6, 6.07) is 15.9. The van der Waals surface area contributed by atoms with Gasteiger partial charge >= 0.3 is 0 Å². The van der Waals surface area contributed by atoms with E-state index in [1.165, 1.54) is 0 Å². The van der Waals surface area contributed by atoms with Crippen LogP contribution in [0.2, 0.25) is 5.02 Å². The van der Waals surface area contributed by atoms with E-state index in [1.54, 1.807) is 0 Å². The van der Waals surface area contributed by atoms with Crippen LogP contribution in [0.5, 0.6) is 5.75 Å². The summed E-state index contributed by atoms with van der Waals surface area (Å²) in [6.07, 6.45) is 0. The Kier molecular flexibility index (Phi) is 5.90. The zero-order chi connectivity index (χ0) is 15.1. The topological polar surface area (TPSA) is 24.5 Å². The van der Waals surface area contributed by atoms with Crippen molar-refractivity contribution in [2.45, 2.75) is 6.54 Å². The molecule has 0 unspecified atom stereocenters. The second-order valence-electron chi connectivity index (χ2n) is 5.16. The van der Waals surface area contributed by atoms with Gasteiger partial charge in [-0.1, -0.05) is 29.8 Å². The summed E-state index contributed by atoms with van der Waals surface area (Å²) in [7, 11) is 4.07. The Labute approximate surface area is 131 Å². The van der Waals surface area contributed by atoms with Crippen LogP contribution >= 0.6 is 11.6 Å². The van der Waals surface area contributed by atoms with Crippen molar-refractivity contribution in [1.29, 1.82) is 0 Å². The Morgan fingerprint density at radius 3 is 2.67 bits per heavy atom. The Morgan fingerprint density at radius 2 is 1.90 bits per heavy atom. The number of nitrogens with zero attached hydrogens (tertiary/aromatic N) is 1. The summed E-state index contributed by atoms with van der Waals surface area (Å²) in [5, 5.41) is 4.14. The molecule has 0 aliphatic carbocycles. The number of ether oxygens (including phenoxy) is 1. The normalized spacial score (nSPS) is 10.7. The number of hydrogen-bond acceptors (Lipinski definition) is 3. The summed E-state index contributed by atoms with van der Waals surface area (Å²) < 4.78 is 5.73. The van der Waals surface area contributed by atoms with Crippen molar-refractivity contribution < 1.29 is 4.74 Å². The number of nitrogens with one attached hydrogen (secondary N) is 1. The molecule has 2 rings (SSSR count). The highest BCUT2D eigenvalue weighted by molar-refractivity contribution is 6.30. The zero-order valence-electron chi connectivity index (χ0n) is 12.5. The van der Waals surface area contributed by atoms with Crippen molar-refractivity contribution in [1.82, 2.24) is 4.90 Å². The summed E-state index contributed by atoms with van der Waals surface area (Å²) in [5.41, 5.74) is 2.19. The third-order valence-electron chi connectivity index (χ3n) is 3.03. The highest BCUT2D eigenvalue weighted by Crippen LogP contribution is 2.18. The van der Waals surface area contributed by atoms with Crippen LogP contribution in [0.3, 0.4) is 0 Å². The smallest absolute Gasteiger partial charge is 0.121 e. The quantitative estimate of drug-likeness (QED) is 0.840. The largest absolute Gasteiger partial charge is 0.492 e. The predicted molar refractivity (Wildman–Crippen MR) is 89.3 cm³/mol. The van der Waals surface area contributed by atoms with Gasteiger partial charge in [-0.05, 0) is 43.9 Å². The fraction of sp³-hybridized carbons (Fsp3) is 0.294. The molecular formula is C17H21ClN2O. The third kappa shape index (κ3) is 5.66. The SMILES string of the molecule is CN(C)CCOc1cccc(NCc2cccc(Cl)c2)c1. The molecular weight excluding hydrogens is 284 g/mol. The van der Waals surface area contributed by atoms with E-state index in [9.17, 15) is 0 Å². The first kappa shape index (κ1) is 15.7. The summed E-state index contributed by atoms with van der Waals surface area (Å²) in [6.45, 7) is 2.33. The lowest BCUT2D eigenvalue weighted by Gasteiger charge is -2.12. The van der Waals surface area contributed by atoms with E-state index in [-0.39, 0.29) is 0 Å². The molecule has 112 valence electrons. The molecule has 0 spiro atoms. The van der Waals surface area contributed by atoms with Gasteiger partial charge in [0.15, 0.2) is 0 Å². The molecule has 0 bridgehead atoms. The second-order valence-corrected chi connectivity index (χ2v) is 5.60. The molecule has 0 aromatic heterocycles. The summed E-state index contributed by atoms with van der Waals surface area (Å²) >= 11 is 5.98. The van der Waals surface area contributed by atoms with E-state index in [1.807, 2.05) is 56.6 Å². The van der Waals surface area contributed by atoms with Crippen molar-refractivity contribution in [2.24, 2.45) is 0 Å². The fourth-order valence-corrected chi connectivity index (χ4v) is 2.11. The van der Waals surface area contributed by atoms with Gasteiger partial charge in [0, 0.05) is 29.9 Å². The van der Waals surface area contributed by atoms with Crippen molar-refractivity contribution >= 4 is 17.3 Å². The van der Waals surface area contributed by atoms with Crippen molar-refractivity contribution in [3.8, 4) is 5.75 Å². The van der Waals surface area contributed by atoms with Gasteiger partial charge in [-0.25, -0.2) is 0 Å². The van der Waals surface area contributed by atoms with Crippen molar-refractivity contribution in [3.63, 3.8) is 0 Å². The van der Waals surface area contributed by atoms with Crippen LogP contribution in [0.15, 0.2) is 48.5 Å². The first-order valence-electron chi connectivity index (χ1n) is 6.99. The Hall–Kier alpha value is -1.71. The summed E-state index contributed by atoms with van der Waals surface area (Å²) in [4.78, 5) is 2.10. The average Bonchev–Trinajstić information content (AvgIpc) is 2.45. The van der Waals surface area contributed by atoms with Crippen molar-refractivity contribution in [2.75, 3.05) is 32.6 Å². The van der Waals surface area contributed by atoms with Crippen LogP contribution in [0.1, 0.15) is 5.56 Å². The van der Waals surface area contributed by atoms with Gasteiger partial charge in [-0.15, -0.1) is 0 Å². The molecule has 2 aromatic rings. The van der Waals surface area contributed by atoms with Gasteiger partial charge < -0.3 is 15.0 Å². The number of likely N-dealkylation sites (N-methyl/N-ethyl adjacent to an activating group) is 1. The maximum atomic E-state index is 5.98. The van der Waals surface area contributed by atoms with E-state index in [2.05, 4.69) is 16.3 Å². The van der Waals surface area contributed by atoms with Crippen LogP contribution in [-0.2, 0) is 6.54 Å². The number of halogens is 1. The van der Waals surface area contributed by atoms with E-state index in [4.69, 9.17) is 16.3 Å². The fourth-order valence-electron chi connectivity index (χ4n) is 1.89. The number of benzene rings is 2. The second kappa shape index (κ2) is 7.91. The van der Waals surface area contributed by atoms with E-state index in [0.717, 1.165) is 35.1 Å². The summed E-state index contributed by atoms with van der Waals surface area (Å²) in [5.74, 6) is 0.882. The molecule has 2 aromatic carbocycles. The maximum absolute atomic E-state index is 5.98. The van der Waals surface area contributed by atoms with Crippen LogP contribution in [0.4, 0.5) is 5.69 Å². The molecule has 0 heterocycles. The minimum absolute atomic E-state index is 0.685. The van der Waals surface area contributed by atoms with Crippen LogP contribution in [0.25, 0.3) is 0 Å². The molecule has 4 heteroatoms. The average molecular weight is 305 g/mol. The van der Waals surface area contributed by atoms with Gasteiger partial charge in [-0.3, -0.25) is 0 Å². The lowest BCUT2D eigenvalue weighted by molar-refractivity contribution is 0.261. The van der Waals surface area contributed by atoms with Crippen LogP contribution in [-0.4, -0.2) is 32.1 Å². The first-order valence-corrected chi connectivity index (χ1v) is 7.37. The van der Waals surface area contributed by atoms with E-state index < -0.39 is 0 Å². The first-order chi connectivity index (χ1) is 10.1. The standard InChI is InChI=1S/C17H21ClN2O/c1-20(2)9-10-21-17-8-4-7-16(12-17)19-13-14-5-3-6-15(18)11-14/h3-8,11-12,19H,9-10,13H2,1-2H3. The molecule has 21 heavy (non-hydrogen) atoms. The molecule has 0 saturated heterocycles. The van der Waals surface area contributed by atoms with Gasteiger partial charge in [0.1, 0.15) is 12.4 Å². The molecule has 1 N–H and O–H groups in total. The van der Waals surface area contributed by atoms with Gasteiger partial charge in [0.25, 0.3) is 0 Å². The highest BCUT2D eigenvalue weighted by atomic mass is 35.5. The lowest BCUT2D eigenvalue weighted by Crippen LogP contribution is -2.19.